The van der Waals surface area contributed by atoms with Crippen LogP contribution in [-0.4, -0.2) is 22.1 Å². The van der Waals surface area contributed by atoms with Crippen molar-refractivity contribution < 1.29 is 18.8 Å². The molecule has 8 heteroatoms. The Balaban J connectivity index is 1.55. The van der Waals surface area contributed by atoms with Crippen LogP contribution in [0.3, 0.4) is 0 Å². The molecule has 0 saturated heterocycles. The fourth-order valence-corrected chi connectivity index (χ4v) is 4.71. The highest BCUT2D eigenvalue weighted by Gasteiger charge is 2.21. The van der Waals surface area contributed by atoms with E-state index in [1.54, 1.807) is 30.3 Å². The molecule has 1 unspecified atom stereocenters. The van der Waals surface area contributed by atoms with E-state index in [1.807, 2.05) is 30.3 Å². The van der Waals surface area contributed by atoms with E-state index in [0.717, 1.165) is 5.56 Å². The Morgan fingerprint density at radius 1 is 1.00 bits per heavy atom. The maximum absolute atomic E-state index is 12.7. The summed E-state index contributed by atoms with van der Waals surface area (Å²) in [5, 5.41) is 0.634. The second-order valence-electron chi connectivity index (χ2n) is 6.40. The predicted octanol–water partition coefficient (Wildman–Crippen LogP) is 5.37. The van der Waals surface area contributed by atoms with Crippen LogP contribution < -0.4 is 4.74 Å². The van der Waals surface area contributed by atoms with Crippen molar-refractivity contribution >= 4 is 40.3 Å². The molecule has 1 heterocycles. The maximum Gasteiger partial charge on any atom is 0.379 e. The van der Waals surface area contributed by atoms with Crippen LogP contribution in [-0.2, 0) is 32.9 Å². The topological polar surface area (TPSA) is 71.5 Å². The first-order valence-corrected chi connectivity index (χ1v) is 11.4. The molecule has 0 fully saturated rings. The van der Waals surface area contributed by atoms with Crippen LogP contribution in [0, 0.1) is 0 Å². The third-order valence-corrected chi connectivity index (χ3v) is 6.45. The molecule has 160 valence electrons. The van der Waals surface area contributed by atoms with Crippen molar-refractivity contribution in [1.82, 2.24) is 4.98 Å². The normalized spacial score (nSPS) is 11.6. The Bertz CT molecular complexity index is 1040. The zero-order chi connectivity index (χ0) is 22.2. The summed E-state index contributed by atoms with van der Waals surface area (Å²) in [7, 11) is 0. The molecule has 31 heavy (non-hydrogen) atoms. The van der Waals surface area contributed by atoms with Crippen molar-refractivity contribution in [2.24, 2.45) is 0 Å². The van der Waals surface area contributed by atoms with Crippen molar-refractivity contribution in [3.05, 3.63) is 100 Å². The first-order valence-electron chi connectivity index (χ1n) is 9.30. The van der Waals surface area contributed by atoms with Crippen molar-refractivity contribution in [3.8, 4) is 5.88 Å². The number of hydrogen-bond acceptors (Lipinski definition) is 5. The van der Waals surface area contributed by atoms with Crippen LogP contribution in [0.25, 0.3) is 0 Å². The highest BCUT2D eigenvalue weighted by molar-refractivity contribution is 7.90. The monoisotopic (exact) mass is 475 g/mol. The van der Waals surface area contributed by atoms with Gasteiger partial charge in [0.15, 0.2) is 16.4 Å². The summed E-state index contributed by atoms with van der Waals surface area (Å²) in [4.78, 5) is 16.8. The SMILES string of the molecule is C=C(OCCc1ccccc1)C(=O)Oc1cccc(C[S+]([O-])c2c(Cl)cccc2Cl)n1. The lowest BCUT2D eigenvalue weighted by molar-refractivity contribution is -0.134. The van der Waals surface area contributed by atoms with Crippen molar-refractivity contribution in [2.45, 2.75) is 17.1 Å². The second-order valence-corrected chi connectivity index (χ2v) is 8.61. The van der Waals surface area contributed by atoms with Gasteiger partial charge in [-0.25, -0.2) is 9.78 Å². The molecule has 2 aromatic carbocycles. The van der Waals surface area contributed by atoms with Crippen LogP contribution in [0.2, 0.25) is 10.0 Å². The van der Waals surface area contributed by atoms with Gasteiger partial charge in [-0.1, -0.05) is 65.7 Å². The number of rotatable bonds is 9. The van der Waals surface area contributed by atoms with E-state index in [1.165, 1.54) is 6.07 Å². The van der Waals surface area contributed by atoms with Gasteiger partial charge < -0.3 is 14.0 Å². The van der Waals surface area contributed by atoms with E-state index < -0.39 is 17.1 Å². The minimum Gasteiger partial charge on any atom is -0.611 e. The third-order valence-electron chi connectivity index (χ3n) is 4.14. The van der Waals surface area contributed by atoms with Gasteiger partial charge in [-0.3, -0.25) is 0 Å². The van der Waals surface area contributed by atoms with Gasteiger partial charge in [0.2, 0.25) is 5.88 Å². The zero-order valence-corrected chi connectivity index (χ0v) is 18.8. The number of hydrogen-bond donors (Lipinski definition) is 0. The lowest BCUT2D eigenvalue weighted by Crippen LogP contribution is -2.15. The summed E-state index contributed by atoms with van der Waals surface area (Å²) in [6.45, 7) is 3.90. The summed E-state index contributed by atoms with van der Waals surface area (Å²) in [6, 6.07) is 19.5. The first-order chi connectivity index (χ1) is 14.9. The minimum atomic E-state index is -1.52. The lowest BCUT2D eigenvalue weighted by atomic mass is 10.2. The molecule has 3 aromatic rings. The zero-order valence-electron chi connectivity index (χ0n) is 16.4. The van der Waals surface area contributed by atoms with Crippen molar-refractivity contribution in [1.29, 1.82) is 0 Å². The van der Waals surface area contributed by atoms with Crippen LogP contribution in [0.5, 0.6) is 5.88 Å². The molecule has 0 aliphatic heterocycles. The molecule has 0 spiro atoms. The third kappa shape index (κ3) is 6.74. The number of aromatic nitrogens is 1. The second kappa shape index (κ2) is 11.2. The lowest BCUT2D eigenvalue weighted by Gasteiger charge is -2.13. The molecule has 0 radical (unpaired) electrons. The van der Waals surface area contributed by atoms with Gasteiger partial charge in [-0.15, -0.1) is 0 Å². The van der Waals surface area contributed by atoms with Gasteiger partial charge in [0.1, 0.15) is 0 Å². The summed E-state index contributed by atoms with van der Waals surface area (Å²) >= 11 is 10.7. The van der Waals surface area contributed by atoms with E-state index >= 15 is 0 Å². The van der Waals surface area contributed by atoms with Crippen LogP contribution in [0.4, 0.5) is 0 Å². The molecule has 3 rings (SSSR count). The molecule has 0 aliphatic rings. The molecule has 0 amide bonds. The predicted molar refractivity (Wildman–Crippen MR) is 122 cm³/mol. The number of halogens is 2. The molecule has 0 aliphatic carbocycles. The van der Waals surface area contributed by atoms with E-state index in [0.29, 0.717) is 33.7 Å². The van der Waals surface area contributed by atoms with Gasteiger partial charge in [-0.2, -0.15) is 0 Å². The van der Waals surface area contributed by atoms with Crippen molar-refractivity contribution in [2.75, 3.05) is 6.61 Å². The molecule has 5 nitrogen and oxygen atoms in total. The Labute approximate surface area is 193 Å². The molecule has 0 saturated carbocycles. The summed E-state index contributed by atoms with van der Waals surface area (Å²) in [5.41, 5.74) is 1.54. The van der Waals surface area contributed by atoms with Gasteiger partial charge in [-0.05, 0) is 41.5 Å². The molecular formula is C23H19Cl2NO4S. The molecular weight excluding hydrogens is 457 g/mol. The fourth-order valence-electron chi connectivity index (χ4n) is 2.65. The van der Waals surface area contributed by atoms with Gasteiger partial charge in [0.25, 0.3) is 0 Å². The summed E-state index contributed by atoms with van der Waals surface area (Å²) in [6.07, 6.45) is 0.636. The number of nitrogens with zero attached hydrogens (tertiary/aromatic N) is 1. The average molecular weight is 476 g/mol. The van der Waals surface area contributed by atoms with Gasteiger partial charge in [0, 0.05) is 12.5 Å². The molecule has 1 aromatic heterocycles. The Kier molecular flexibility index (Phi) is 8.37. The Morgan fingerprint density at radius 2 is 1.68 bits per heavy atom. The van der Waals surface area contributed by atoms with E-state index in [-0.39, 0.29) is 17.4 Å². The van der Waals surface area contributed by atoms with E-state index in [9.17, 15) is 9.35 Å². The smallest absolute Gasteiger partial charge is 0.379 e. The standard InChI is InChI=1S/C23H19Cl2NO4S/c1-16(29-14-13-17-7-3-2-4-8-17)23(27)30-21-12-5-9-18(26-21)15-31(28)22-19(24)10-6-11-20(22)25/h2-12H,1,13-15H2. The summed E-state index contributed by atoms with van der Waals surface area (Å²) < 4.78 is 23.3. The molecule has 0 N–H and O–H groups in total. The molecule has 1 atom stereocenters. The minimum absolute atomic E-state index is 0.0533. The first kappa shape index (κ1) is 23.2. The average Bonchev–Trinajstić information content (AvgIpc) is 2.74. The quantitative estimate of drug-likeness (QED) is 0.180. The number of pyridine rings is 1. The number of esters is 1. The van der Waals surface area contributed by atoms with Crippen LogP contribution in [0.1, 0.15) is 11.3 Å². The Hall–Kier alpha value is -2.51. The summed E-state index contributed by atoms with van der Waals surface area (Å²) in [5.74, 6) is -0.747. The largest absolute Gasteiger partial charge is 0.611 e. The highest BCUT2D eigenvalue weighted by atomic mass is 35.5. The maximum atomic E-state index is 12.7. The van der Waals surface area contributed by atoms with Gasteiger partial charge in [0.05, 0.1) is 22.3 Å². The van der Waals surface area contributed by atoms with Crippen LogP contribution >= 0.6 is 23.2 Å². The number of carbonyl (C=O) groups is 1. The highest BCUT2D eigenvalue weighted by Crippen LogP contribution is 2.31. The van der Waals surface area contributed by atoms with E-state index in [2.05, 4.69) is 11.6 Å². The van der Waals surface area contributed by atoms with Crippen molar-refractivity contribution in [3.63, 3.8) is 0 Å². The van der Waals surface area contributed by atoms with Gasteiger partial charge >= 0.3 is 5.97 Å². The number of benzene rings is 2. The Morgan fingerprint density at radius 3 is 2.39 bits per heavy atom. The number of carbonyl (C=O) groups excluding carboxylic acids is 1. The molecule has 0 bridgehead atoms. The van der Waals surface area contributed by atoms with E-state index in [4.69, 9.17) is 32.7 Å². The number of ether oxygens (including phenoxy) is 2. The van der Waals surface area contributed by atoms with Crippen LogP contribution in [0.15, 0.2) is 84.0 Å². The fraction of sp³-hybridized carbons (Fsp3) is 0.130.